The fourth-order valence-corrected chi connectivity index (χ4v) is 1.94. The van der Waals surface area contributed by atoms with Gasteiger partial charge in [0.2, 0.25) is 0 Å². The highest BCUT2D eigenvalue weighted by atomic mass is 35.5. The number of carboxylic acids is 1. The summed E-state index contributed by atoms with van der Waals surface area (Å²) >= 11 is 5.89. The molecule has 0 saturated heterocycles. The fraction of sp³-hybridized carbons (Fsp3) is 0.429. The van der Waals surface area contributed by atoms with E-state index in [1.54, 1.807) is 20.8 Å². The fourth-order valence-electron chi connectivity index (χ4n) is 1.64. The Balaban J connectivity index is 3.12. The third-order valence-corrected chi connectivity index (χ3v) is 2.80. The van der Waals surface area contributed by atoms with Crippen LogP contribution in [0.3, 0.4) is 0 Å². The Morgan fingerprint density at radius 1 is 1.36 bits per heavy atom. The molecule has 0 bridgehead atoms. The number of nitrogens with one attached hydrogen (secondary N) is 1. The number of carbonyl (C=O) groups excluding carboxylic acids is 1. The molecule has 0 aliphatic heterocycles. The summed E-state index contributed by atoms with van der Waals surface area (Å²) in [7, 11) is 1.32. The zero-order valence-electron chi connectivity index (χ0n) is 12.6. The lowest BCUT2D eigenvalue weighted by molar-refractivity contribution is -0.139. The van der Waals surface area contributed by atoms with E-state index in [9.17, 15) is 19.1 Å². The second-order valence-corrected chi connectivity index (χ2v) is 5.83. The van der Waals surface area contributed by atoms with Crippen molar-refractivity contribution in [1.29, 1.82) is 0 Å². The smallest absolute Gasteiger partial charge is 0.408 e. The molecule has 0 radical (unpaired) electrons. The maximum atomic E-state index is 14.1. The molecule has 0 heterocycles. The van der Waals surface area contributed by atoms with Crippen LogP contribution in [0, 0.1) is 5.82 Å². The van der Waals surface area contributed by atoms with Crippen LogP contribution in [0.2, 0.25) is 5.02 Å². The Bertz CT molecular complexity index is 562. The van der Waals surface area contributed by atoms with Crippen molar-refractivity contribution < 1.29 is 28.6 Å². The van der Waals surface area contributed by atoms with E-state index in [0.717, 1.165) is 6.07 Å². The Kier molecular flexibility index (Phi) is 5.59. The number of rotatable bonds is 4. The van der Waals surface area contributed by atoms with E-state index in [1.165, 1.54) is 13.2 Å². The van der Waals surface area contributed by atoms with Crippen LogP contribution in [0.5, 0.6) is 5.75 Å². The number of methoxy groups -OCH3 is 1. The van der Waals surface area contributed by atoms with E-state index in [1.807, 2.05) is 0 Å². The number of halogens is 2. The average Bonchev–Trinajstić information content (AvgIpc) is 2.33. The number of carbonyl (C=O) groups is 2. The van der Waals surface area contributed by atoms with Crippen LogP contribution in [0.15, 0.2) is 12.1 Å². The van der Waals surface area contributed by atoms with Crippen LogP contribution in [0.4, 0.5) is 9.18 Å². The van der Waals surface area contributed by atoms with Crippen LogP contribution in [0.1, 0.15) is 32.4 Å². The molecule has 2 N–H and O–H groups in total. The molecule has 0 aromatic heterocycles. The highest BCUT2D eigenvalue weighted by molar-refractivity contribution is 6.31. The van der Waals surface area contributed by atoms with Gasteiger partial charge in [-0.15, -0.1) is 0 Å². The predicted molar refractivity (Wildman–Crippen MR) is 77.7 cm³/mol. The summed E-state index contributed by atoms with van der Waals surface area (Å²) in [6.07, 6.45) is -0.994. The maximum Gasteiger partial charge on any atom is 0.408 e. The van der Waals surface area contributed by atoms with Gasteiger partial charge in [0.1, 0.15) is 17.2 Å². The summed E-state index contributed by atoms with van der Waals surface area (Å²) in [5, 5.41) is 11.1. The first-order valence-corrected chi connectivity index (χ1v) is 6.68. The van der Waals surface area contributed by atoms with Crippen molar-refractivity contribution in [1.82, 2.24) is 5.32 Å². The third kappa shape index (κ3) is 4.77. The summed E-state index contributed by atoms with van der Waals surface area (Å²) < 4.78 is 23.9. The summed E-state index contributed by atoms with van der Waals surface area (Å²) in [5.41, 5.74) is -1.20. The molecule has 1 amide bonds. The Hall–Kier alpha value is -2.02. The summed E-state index contributed by atoms with van der Waals surface area (Å²) in [6, 6.07) is 0.550. The lowest BCUT2D eigenvalue weighted by atomic mass is 10.1. The molecule has 22 heavy (non-hydrogen) atoms. The zero-order valence-corrected chi connectivity index (χ0v) is 13.3. The van der Waals surface area contributed by atoms with Crippen LogP contribution < -0.4 is 10.1 Å². The normalized spacial score (nSPS) is 12.5. The second kappa shape index (κ2) is 6.83. The lowest BCUT2D eigenvalue weighted by Gasteiger charge is -2.22. The van der Waals surface area contributed by atoms with E-state index in [2.05, 4.69) is 5.32 Å². The molecule has 0 fully saturated rings. The van der Waals surface area contributed by atoms with Crippen molar-refractivity contribution >= 4 is 23.7 Å². The van der Waals surface area contributed by atoms with Gasteiger partial charge in [0, 0.05) is 11.6 Å². The molecular weight excluding hydrogens is 317 g/mol. The molecule has 1 aromatic rings. The molecule has 0 spiro atoms. The highest BCUT2D eigenvalue weighted by Crippen LogP contribution is 2.31. The van der Waals surface area contributed by atoms with Crippen LogP contribution in [-0.4, -0.2) is 29.9 Å². The van der Waals surface area contributed by atoms with E-state index in [4.69, 9.17) is 21.1 Å². The largest absolute Gasteiger partial charge is 0.497 e. The lowest BCUT2D eigenvalue weighted by Crippen LogP contribution is -2.38. The zero-order chi connectivity index (χ0) is 17.1. The Morgan fingerprint density at radius 2 is 1.95 bits per heavy atom. The van der Waals surface area contributed by atoms with Gasteiger partial charge in [-0.25, -0.2) is 14.0 Å². The molecule has 6 nitrogen and oxygen atoms in total. The maximum absolute atomic E-state index is 14.1. The van der Waals surface area contributed by atoms with Crippen molar-refractivity contribution in [2.45, 2.75) is 32.4 Å². The van der Waals surface area contributed by atoms with Gasteiger partial charge in [-0.2, -0.15) is 0 Å². The van der Waals surface area contributed by atoms with Gasteiger partial charge < -0.3 is 19.9 Å². The number of alkyl carbamates (subject to hydrolysis) is 1. The number of carboxylic acid groups (broad SMARTS) is 1. The van der Waals surface area contributed by atoms with E-state index in [0.29, 0.717) is 0 Å². The minimum Gasteiger partial charge on any atom is -0.497 e. The number of amides is 1. The number of ether oxygens (including phenoxy) is 2. The van der Waals surface area contributed by atoms with E-state index < -0.39 is 29.5 Å². The molecule has 0 saturated carbocycles. The highest BCUT2D eigenvalue weighted by Gasteiger charge is 2.30. The van der Waals surface area contributed by atoms with Crippen LogP contribution >= 0.6 is 11.6 Å². The molecule has 1 aromatic carbocycles. The molecule has 8 heteroatoms. The van der Waals surface area contributed by atoms with Crippen LogP contribution in [0.25, 0.3) is 0 Å². The molecule has 122 valence electrons. The standard InChI is InChI=1S/C14H17ClFNO5/c1-14(2,3)22-13(20)17-11(12(18)19)10-8(15)5-7(21-4)6-9(10)16/h5-6,11H,1-4H3,(H,17,20)(H,18,19). The minimum atomic E-state index is -1.69. The van der Waals surface area contributed by atoms with Gasteiger partial charge in [0.15, 0.2) is 6.04 Å². The average molecular weight is 334 g/mol. The van der Waals surface area contributed by atoms with Gasteiger partial charge in [-0.1, -0.05) is 11.6 Å². The van der Waals surface area contributed by atoms with Crippen molar-refractivity contribution in [3.8, 4) is 5.75 Å². The predicted octanol–water partition coefficient (Wildman–Crippen LogP) is 3.14. The van der Waals surface area contributed by atoms with E-state index >= 15 is 0 Å². The minimum absolute atomic E-state index is 0.132. The first-order valence-electron chi connectivity index (χ1n) is 6.30. The topological polar surface area (TPSA) is 84.9 Å². The third-order valence-electron chi connectivity index (χ3n) is 2.48. The van der Waals surface area contributed by atoms with E-state index in [-0.39, 0.29) is 16.3 Å². The number of aliphatic carboxylic acids is 1. The molecule has 0 aliphatic carbocycles. The summed E-state index contributed by atoms with van der Waals surface area (Å²) in [4.78, 5) is 23.0. The summed E-state index contributed by atoms with van der Waals surface area (Å²) in [6.45, 7) is 4.84. The first-order chi connectivity index (χ1) is 10.0. The number of hydrogen-bond donors (Lipinski definition) is 2. The van der Waals surface area contributed by atoms with Gasteiger partial charge in [-0.3, -0.25) is 0 Å². The second-order valence-electron chi connectivity index (χ2n) is 5.42. The van der Waals surface area contributed by atoms with Gasteiger partial charge in [0.25, 0.3) is 0 Å². The van der Waals surface area contributed by atoms with Gasteiger partial charge in [-0.05, 0) is 26.8 Å². The van der Waals surface area contributed by atoms with Crippen molar-refractivity contribution in [3.05, 3.63) is 28.5 Å². The molecule has 1 rings (SSSR count). The Labute approximate surface area is 132 Å². The molecular formula is C14H17ClFNO5. The number of benzene rings is 1. The SMILES string of the molecule is COc1cc(F)c(C(NC(=O)OC(C)(C)C)C(=O)O)c(Cl)c1. The van der Waals surface area contributed by atoms with Crippen molar-refractivity contribution in [3.63, 3.8) is 0 Å². The Morgan fingerprint density at radius 3 is 2.36 bits per heavy atom. The van der Waals surface area contributed by atoms with Crippen LogP contribution in [-0.2, 0) is 9.53 Å². The van der Waals surface area contributed by atoms with Crippen molar-refractivity contribution in [2.75, 3.05) is 7.11 Å². The van der Waals surface area contributed by atoms with Crippen molar-refractivity contribution in [2.24, 2.45) is 0 Å². The number of hydrogen-bond acceptors (Lipinski definition) is 4. The monoisotopic (exact) mass is 333 g/mol. The van der Waals surface area contributed by atoms with Gasteiger partial charge in [0.05, 0.1) is 12.1 Å². The molecule has 0 aliphatic rings. The molecule has 1 atom stereocenters. The quantitative estimate of drug-likeness (QED) is 0.884. The first kappa shape index (κ1) is 18.0. The molecule has 1 unspecified atom stereocenters. The summed E-state index contributed by atoms with van der Waals surface area (Å²) in [5.74, 6) is -2.25. The van der Waals surface area contributed by atoms with Gasteiger partial charge >= 0.3 is 12.1 Å².